The van der Waals surface area contributed by atoms with E-state index in [9.17, 15) is 4.79 Å². The second kappa shape index (κ2) is 6.07. The fourth-order valence-corrected chi connectivity index (χ4v) is 2.91. The number of carbonyl (C=O) groups excluding carboxylic acids is 1. The van der Waals surface area contributed by atoms with Crippen molar-refractivity contribution in [3.63, 3.8) is 0 Å². The third-order valence-corrected chi connectivity index (χ3v) is 4.20. The maximum absolute atomic E-state index is 12.1. The smallest absolute Gasteiger partial charge is 0.173 e. The van der Waals surface area contributed by atoms with E-state index in [1.165, 1.54) is 16.0 Å². The molecule has 0 heterocycles. The average molecular weight is 270 g/mol. The minimum Gasteiger partial charge on any atom is -0.293 e. The van der Waals surface area contributed by atoms with Crippen molar-refractivity contribution in [3.8, 4) is 0 Å². The van der Waals surface area contributed by atoms with Crippen LogP contribution in [0.4, 0.5) is 0 Å². The van der Waals surface area contributed by atoms with Crippen LogP contribution in [0, 0.1) is 20.8 Å². The molecule has 1 nitrogen and oxygen atoms in total. The molecule has 2 rings (SSSR count). The van der Waals surface area contributed by atoms with Crippen molar-refractivity contribution in [1.82, 2.24) is 0 Å². The minimum atomic E-state index is 0.189. The largest absolute Gasteiger partial charge is 0.293 e. The number of hydrogen-bond acceptors (Lipinski definition) is 2. The van der Waals surface area contributed by atoms with E-state index in [0.29, 0.717) is 5.75 Å². The molecular weight excluding hydrogens is 252 g/mol. The van der Waals surface area contributed by atoms with E-state index in [-0.39, 0.29) is 5.78 Å². The van der Waals surface area contributed by atoms with Crippen LogP contribution in [0.3, 0.4) is 0 Å². The molecule has 0 radical (unpaired) electrons. The van der Waals surface area contributed by atoms with Crippen LogP contribution in [0.25, 0.3) is 0 Å². The molecule has 0 aromatic heterocycles. The zero-order valence-corrected chi connectivity index (χ0v) is 12.4. The van der Waals surface area contributed by atoms with Crippen molar-refractivity contribution in [1.29, 1.82) is 0 Å². The summed E-state index contributed by atoms with van der Waals surface area (Å²) in [5.41, 5.74) is 4.42. The highest BCUT2D eigenvalue weighted by Gasteiger charge is 2.08. The lowest BCUT2D eigenvalue weighted by molar-refractivity contribution is 0.102. The van der Waals surface area contributed by atoms with Gasteiger partial charge in [-0.25, -0.2) is 0 Å². The Hall–Kier alpha value is -1.54. The maximum atomic E-state index is 12.1. The quantitative estimate of drug-likeness (QED) is 0.597. The number of benzene rings is 2. The predicted octanol–water partition coefficient (Wildman–Crippen LogP) is 4.59. The molecular formula is C17H18OS. The van der Waals surface area contributed by atoms with Gasteiger partial charge in [-0.3, -0.25) is 4.79 Å². The first-order chi connectivity index (χ1) is 9.06. The topological polar surface area (TPSA) is 17.1 Å². The Bertz CT molecular complexity index is 602. The van der Waals surface area contributed by atoms with Crippen molar-refractivity contribution in [3.05, 3.63) is 64.7 Å². The highest BCUT2D eigenvalue weighted by molar-refractivity contribution is 8.00. The van der Waals surface area contributed by atoms with Crippen LogP contribution in [-0.2, 0) is 0 Å². The summed E-state index contributed by atoms with van der Waals surface area (Å²) in [6, 6.07) is 14.1. The number of hydrogen-bond donors (Lipinski definition) is 0. The number of thioether (sulfide) groups is 1. The van der Waals surface area contributed by atoms with Gasteiger partial charge < -0.3 is 0 Å². The van der Waals surface area contributed by atoms with E-state index in [4.69, 9.17) is 0 Å². The molecule has 2 aromatic carbocycles. The van der Waals surface area contributed by atoms with Crippen LogP contribution >= 0.6 is 11.8 Å². The third-order valence-electron chi connectivity index (χ3n) is 3.03. The fraction of sp³-hybridized carbons (Fsp3) is 0.235. The molecule has 0 spiro atoms. The third kappa shape index (κ3) is 3.71. The summed E-state index contributed by atoms with van der Waals surface area (Å²) in [5, 5.41) is 0. The van der Waals surface area contributed by atoms with Gasteiger partial charge in [0.15, 0.2) is 5.78 Å². The van der Waals surface area contributed by atoms with Gasteiger partial charge in [0.2, 0.25) is 0 Å². The number of aryl methyl sites for hydroxylation is 3. The van der Waals surface area contributed by atoms with Gasteiger partial charge in [-0.15, -0.1) is 11.8 Å². The van der Waals surface area contributed by atoms with Gasteiger partial charge in [0.1, 0.15) is 0 Å². The Balaban J connectivity index is 2.04. The highest BCUT2D eigenvalue weighted by atomic mass is 32.2. The van der Waals surface area contributed by atoms with Gasteiger partial charge in [0, 0.05) is 10.5 Å². The molecule has 0 bridgehead atoms. The zero-order chi connectivity index (χ0) is 13.8. The van der Waals surface area contributed by atoms with Gasteiger partial charge >= 0.3 is 0 Å². The minimum absolute atomic E-state index is 0.189. The fourth-order valence-electron chi connectivity index (χ4n) is 2.01. The molecule has 98 valence electrons. The molecule has 2 aromatic rings. The Morgan fingerprint density at radius 3 is 2.42 bits per heavy atom. The van der Waals surface area contributed by atoms with E-state index in [0.717, 1.165) is 11.1 Å². The van der Waals surface area contributed by atoms with Crippen molar-refractivity contribution < 1.29 is 4.79 Å². The Morgan fingerprint density at radius 2 is 1.74 bits per heavy atom. The van der Waals surface area contributed by atoms with Crippen LogP contribution in [0.5, 0.6) is 0 Å². The normalized spacial score (nSPS) is 10.5. The number of ketones is 1. The molecule has 0 atom stereocenters. The van der Waals surface area contributed by atoms with E-state index in [2.05, 4.69) is 32.0 Å². The van der Waals surface area contributed by atoms with Crippen molar-refractivity contribution in [2.75, 3.05) is 5.75 Å². The molecule has 0 aliphatic carbocycles. The first kappa shape index (κ1) is 13.9. The molecule has 19 heavy (non-hydrogen) atoms. The van der Waals surface area contributed by atoms with E-state index >= 15 is 0 Å². The molecule has 2 heteroatoms. The number of Topliss-reactive ketones (excluding diaryl/α,β-unsaturated/α-hetero) is 1. The maximum Gasteiger partial charge on any atom is 0.173 e. The van der Waals surface area contributed by atoms with Crippen LogP contribution in [0.1, 0.15) is 27.0 Å². The first-order valence-electron chi connectivity index (χ1n) is 6.36. The van der Waals surface area contributed by atoms with E-state index in [1.807, 2.05) is 31.2 Å². The second-order valence-corrected chi connectivity index (χ2v) is 5.87. The Labute approximate surface area is 119 Å². The summed E-state index contributed by atoms with van der Waals surface area (Å²) in [7, 11) is 0. The summed E-state index contributed by atoms with van der Waals surface area (Å²) in [6.07, 6.45) is 0. The van der Waals surface area contributed by atoms with E-state index in [1.54, 1.807) is 11.8 Å². The molecule has 0 fully saturated rings. The molecule has 0 unspecified atom stereocenters. The lowest BCUT2D eigenvalue weighted by Gasteiger charge is -2.06. The molecule has 0 aliphatic rings. The lowest BCUT2D eigenvalue weighted by Crippen LogP contribution is -2.02. The number of carbonyl (C=O) groups is 1. The summed E-state index contributed by atoms with van der Waals surface area (Å²) in [4.78, 5) is 13.3. The molecule has 0 amide bonds. The van der Waals surface area contributed by atoms with Gasteiger partial charge in [0.25, 0.3) is 0 Å². The van der Waals surface area contributed by atoms with E-state index < -0.39 is 0 Å². The van der Waals surface area contributed by atoms with Gasteiger partial charge in [-0.05, 0) is 38.5 Å². The zero-order valence-electron chi connectivity index (χ0n) is 11.6. The van der Waals surface area contributed by atoms with Crippen LogP contribution < -0.4 is 0 Å². The summed E-state index contributed by atoms with van der Waals surface area (Å²) in [6.45, 7) is 6.18. The monoisotopic (exact) mass is 270 g/mol. The molecule has 0 saturated heterocycles. The lowest BCUT2D eigenvalue weighted by atomic mass is 10.1. The predicted molar refractivity (Wildman–Crippen MR) is 82.1 cm³/mol. The summed E-state index contributed by atoms with van der Waals surface area (Å²) >= 11 is 1.62. The van der Waals surface area contributed by atoms with Gasteiger partial charge in [-0.1, -0.05) is 41.5 Å². The first-order valence-corrected chi connectivity index (χ1v) is 7.35. The molecule has 0 saturated carbocycles. The summed E-state index contributed by atoms with van der Waals surface area (Å²) in [5.74, 6) is 0.682. The highest BCUT2D eigenvalue weighted by Crippen LogP contribution is 2.24. The Kier molecular flexibility index (Phi) is 4.43. The van der Waals surface area contributed by atoms with Gasteiger partial charge in [-0.2, -0.15) is 0 Å². The van der Waals surface area contributed by atoms with Crippen molar-refractivity contribution >= 4 is 17.5 Å². The molecule has 0 aliphatic heterocycles. The Morgan fingerprint density at radius 1 is 1.00 bits per heavy atom. The van der Waals surface area contributed by atoms with Crippen LogP contribution in [0.2, 0.25) is 0 Å². The van der Waals surface area contributed by atoms with Crippen LogP contribution in [0.15, 0.2) is 47.4 Å². The van der Waals surface area contributed by atoms with Crippen molar-refractivity contribution in [2.24, 2.45) is 0 Å². The summed E-state index contributed by atoms with van der Waals surface area (Å²) < 4.78 is 0. The SMILES string of the molecule is Cc1cccc(C(=O)CSc2ccc(C)cc2C)c1. The standard InChI is InChI=1S/C17H18OS/c1-12-5-4-6-15(10-12)16(18)11-19-17-8-7-13(2)9-14(17)3/h4-10H,11H2,1-3H3. The van der Waals surface area contributed by atoms with Gasteiger partial charge in [0.05, 0.1) is 5.75 Å². The average Bonchev–Trinajstić information content (AvgIpc) is 2.37. The second-order valence-electron chi connectivity index (χ2n) is 4.85. The number of rotatable bonds is 4. The van der Waals surface area contributed by atoms with Crippen molar-refractivity contribution in [2.45, 2.75) is 25.7 Å². The molecule has 0 N–H and O–H groups in total. The van der Waals surface area contributed by atoms with Crippen LogP contribution in [-0.4, -0.2) is 11.5 Å².